The molecule has 1 aliphatic rings. The maximum Gasteiger partial charge on any atom is 0.144 e. The highest BCUT2D eigenvalue weighted by atomic mass is 16.5. The van der Waals surface area contributed by atoms with Crippen LogP contribution in [0, 0.1) is 0 Å². The van der Waals surface area contributed by atoms with E-state index in [2.05, 4.69) is 20.5 Å². The molecule has 0 radical (unpaired) electrons. The predicted molar refractivity (Wildman–Crippen MR) is 97.2 cm³/mol. The Morgan fingerprint density at radius 3 is 2.44 bits per heavy atom. The number of ether oxygens (including phenoxy) is 3. The van der Waals surface area contributed by atoms with Gasteiger partial charge in [-0.15, -0.1) is 0 Å². The van der Waals surface area contributed by atoms with E-state index in [1.54, 1.807) is 14.2 Å². The van der Waals surface area contributed by atoms with Crippen LogP contribution in [-0.4, -0.2) is 50.1 Å². The minimum Gasteiger partial charge on any atom is -0.497 e. The van der Waals surface area contributed by atoms with Gasteiger partial charge in [-0.3, -0.25) is 4.57 Å². The molecule has 0 N–H and O–H groups in total. The first-order valence-electron chi connectivity index (χ1n) is 8.32. The largest absolute Gasteiger partial charge is 0.497 e. The van der Waals surface area contributed by atoms with Crippen LogP contribution in [0.2, 0.25) is 0 Å². The molecule has 1 aromatic heterocycles. The summed E-state index contributed by atoms with van der Waals surface area (Å²) < 4.78 is 18.4. The van der Waals surface area contributed by atoms with E-state index in [9.17, 15) is 0 Å². The lowest BCUT2D eigenvalue weighted by molar-refractivity contribution is 0.122. The summed E-state index contributed by atoms with van der Waals surface area (Å²) in [7, 11) is 3.37. The number of methoxy groups -OCH3 is 2. The fourth-order valence-electron chi connectivity index (χ4n) is 3.19. The van der Waals surface area contributed by atoms with Gasteiger partial charge in [0.05, 0.1) is 44.2 Å². The summed E-state index contributed by atoms with van der Waals surface area (Å²) in [5.41, 5.74) is 4.08. The SMILES string of the molecule is COc1ccc(-n2cnc3cc(OC)c(N4CCOCC4)cc32)cc1. The van der Waals surface area contributed by atoms with Gasteiger partial charge in [-0.25, -0.2) is 4.98 Å². The van der Waals surface area contributed by atoms with Crippen molar-refractivity contribution in [1.29, 1.82) is 0 Å². The van der Waals surface area contributed by atoms with Crippen molar-refractivity contribution < 1.29 is 14.2 Å². The van der Waals surface area contributed by atoms with Crippen LogP contribution in [0.1, 0.15) is 0 Å². The Hall–Kier alpha value is -2.73. The quantitative estimate of drug-likeness (QED) is 0.731. The molecule has 3 aromatic rings. The Balaban J connectivity index is 1.80. The Kier molecular flexibility index (Phi) is 4.19. The zero-order chi connectivity index (χ0) is 17.2. The van der Waals surface area contributed by atoms with E-state index in [1.807, 2.05) is 36.7 Å². The number of benzene rings is 2. The minimum atomic E-state index is 0.735. The fraction of sp³-hybridized carbons (Fsp3) is 0.316. The number of hydrogen-bond donors (Lipinski definition) is 0. The molecule has 1 aliphatic heterocycles. The average Bonchev–Trinajstić information content (AvgIpc) is 3.10. The smallest absolute Gasteiger partial charge is 0.144 e. The molecule has 0 unspecified atom stereocenters. The molecule has 0 amide bonds. The average molecular weight is 339 g/mol. The molecule has 0 saturated carbocycles. The molecular formula is C19H21N3O3. The van der Waals surface area contributed by atoms with Gasteiger partial charge in [0.2, 0.25) is 0 Å². The number of hydrogen-bond acceptors (Lipinski definition) is 5. The molecule has 0 bridgehead atoms. The number of nitrogens with zero attached hydrogens (tertiary/aromatic N) is 3. The van der Waals surface area contributed by atoms with Crippen LogP contribution in [-0.2, 0) is 4.74 Å². The highest BCUT2D eigenvalue weighted by Gasteiger charge is 2.18. The lowest BCUT2D eigenvalue weighted by atomic mass is 10.2. The van der Waals surface area contributed by atoms with Gasteiger partial charge in [0.15, 0.2) is 0 Å². The third kappa shape index (κ3) is 2.89. The lowest BCUT2D eigenvalue weighted by Gasteiger charge is -2.30. The van der Waals surface area contributed by atoms with Crippen LogP contribution in [0.3, 0.4) is 0 Å². The van der Waals surface area contributed by atoms with Gasteiger partial charge in [-0.1, -0.05) is 0 Å². The first kappa shape index (κ1) is 15.8. The van der Waals surface area contributed by atoms with E-state index in [4.69, 9.17) is 14.2 Å². The van der Waals surface area contributed by atoms with Crippen molar-refractivity contribution in [3.8, 4) is 17.2 Å². The second kappa shape index (κ2) is 6.64. The maximum atomic E-state index is 5.60. The third-order valence-electron chi connectivity index (χ3n) is 4.55. The normalized spacial score (nSPS) is 14.7. The molecule has 1 fully saturated rings. The summed E-state index contributed by atoms with van der Waals surface area (Å²) in [4.78, 5) is 6.84. The monoisotopic (exact) mass is 339 g/mol. The third-order valence-corrected chi connectivity index (χ3v) is 4.55. The fourth-order valence-corrected chi connectivity index (χ4v) is 3.19. The van der Waals surface area contributed by atoms with Crippen molar-refractivity contribution >= 4 is 16.7 Å². The predicted octanol–water partition coefficient (Wildman–Crippen LogP) is 2.88. The summed E-state index contributed by atoms with van der Waals surface area (Å²) >= 11 is 0. The number of imidazole rings is 1. The zero-order valence-corrected chi connectivity index (χ0v) is 14.4. The van der Waals surface area contributed by atoms with Gasteiger partial charge < -0.3 is 19.1 Å². The number of anilines is 1. The van der Waals surface area contributed by atoms with E-state index in [-0.39, 0.29) is 0 Å². The number of fused-ring (bicyclic) bond motifs is 1. The van der Waals surface area contributed by atoms with Gasteiger partial charge in [-0.05, 0) is 30.3 Å². The van der Waals surface area contributed by atoms with E-state index in [1.165, 1.54) is 0 Å². The second-order valence-electron chi connectivity index (χ2n) is 5.92. The van der Waals surface area contributed by atoms with Crippen molar-refractivity contribution in [1.82, 2.24) is 9.55 Å². The Morgan fingerprint density at radius 1 is 1.00 bits per heavy atom. The summed E-state index contributed by atoms with van der Waals surface area (Å²) in [5.74, 6) is 1.68. The van der Waals surface area contributed by atoms with Gasteiger partial charge >= 0.3 is 0 Å². The van der Waals surface area contributed by atoms with Crippen LogP contribution in [0.15, 0.2) is 42.7 Å². The van der Waals surface area contributed by atoms with Crippen molar-refractivity contribution in [2.24, 2.45) is 0 Å². The zero-order valence-electron chi connectivity index (χ0n) is 14.4. The van der Waals surface area contributed by atoms with Crippen LogP contribution in [0.25, 0.3) is 16.7 Å². The van der Waals surface area contributed by atoms with Crippen LogP contribution < -0.4 is 14.4 Å². The summed E-state index contributed by atoms with van der Waals surface area (Å²) in [6, 6.07) is 12.1. The molecule has 2 aromatic carbocycles. The Bertz CT molecular complexity index is 868. The molecule has 0 spiro atoms. The van der Waals surface area contributed by atoms with Crippen LogP contribution in [0.5, 0.6) is 11.5 Å². The van der Waals surface area contributed by atoms with Gasteiger partial charge in [-0.2, -0.15) is 0 Å². The summed E-state index contributed by atoms with van der Waals surface area (Å²) in [5, 5.41) is 0. The van der Waals surface area contributed by atoms with Crippen LogP contribution in [0.4, 0.5) is 5.69 Å². The van der Waals surface area contributed by atoms with E-state index in [0.717, 1.165) is 60.2 Å². The first-order chi connectivity index (χ1) is 12.3. The standard InChI is InChI=1S/C19H21N3O3/c1-23-15-5-3-14(4-6-15)22-13-20-16-11-19(24-2)18(12-17(16)22)21-7-9-25-10-8-21/h3-6,11-13H,7-10H2,1-2H3. The van der Waals surface area contributed by atoms with Crippen LogP contribution >= 0.6 is 0 Å². The summed E-state index contributed by atoms with van der Waals surface area (Å²) in [6.45, 7) is 3.19. The maximum absolute atomic E-state index is 5.60. The highest BCUT2D eigenvalue weighted by Crippen LogP contribution is 2.34. The van der Waals surface area contributed by atoms with Gasteiger partial charge in [0, 0.05) is 24.8 Å². The van der Waals surface area contributed by atoms with E-state index >= 15 is 0 Å². The molecule has 25 heavy (non-hydrogen) atoms. The topological polar surface area (TPSA) is 48.8 Å². The second-order valence-corrected chi connectivity index (χ2v) is 5.92. The van der Waals surface area contributed by atoms with Gasteiger partial charge in [0.25, 0.3) is 0 Å². The molecule has 6 nitrogen and oxygen atoms in total. The molecule has 0 aliphatic carbocycles. The molecule has 0 atom stereocenters. The first-order valence-corrected chi connectivity index (χ1v) is 8.32. The van der Waals surface area contributed by atoms with Crippen molar-refractivity contribution in [3.05, 3.63) is 42.7 Å². The number of aromatic nitrogens is 2. The molecular weight excluding hydrogens is 318 g/mol. The van der Waals surface area contributed by atoms with Crippen molar-refractivity contribution in [3.63, 3.8) is 0 Å². The van der Waals surface area contributed by atoms with E-state index in [0.29, 0.717) is 0 Å². The molecule has 1 saturated heterocycles. The number of morpholine rings is 1. The van der Waals surface area contributed by atoms with Crippen molar-refractivity contribution in [2.45, 2.75) is 0 Å². The lowest BCUT2D eigenvalue weighted by Crippen LogP contribution is -2.36. The highest BCUT2D eigenvalue weighted by molar-refractivity contribution is 5.85. The Labute approximate surface area is 146 Å². The Morgan fingerprint density at radius 2 is 1.76 bits per heavy atom. The minimum absolute atomic E-state index is 0.735. The number of rotatable bonds is 4. The summed E-state index contributed by atoms with van der Waals surface area (Å²) in [6.07, 6.45) is 1.84. The molecule has 6 heteroatoms. The molecule has 130 valence electrons. The van der Waals surface area contributed by atoms with E-state index < -0.39 is 0 Å². The van der Waals surface area contributed by atoms with Crippen molar-refractivity contribution in [2.75, 3.05) is 45.4 Å². The molecule has 2 heterocycles. The van der Waals surface area contributed by atoms with Gasteiger partial charge in [0.1, 0.15) is 17.8 Å². The molecule has 4 rings (SSSR count).